The molecule has 1 amide bonds. The van der Waals surface area contributed by atoms with Crippen LogP contribution in [0.1, 0.15) is 129 Å². The van der Waals surface area contributed by atoms with Crippen molar-refractivity contribution in [3.05, 3.63) is 52.6 Å². The minimum Gasteiger partial charge on any atom is -0.497 e. The molecule has 3 aliphatic heterocycles. The van der Waals surface area contributed by atoms with Crippen LogP contribution in [0.3, 0.4) is 0 Å². The van der Waals surface area contributed by atoms with Gasteiger partial charge >= 0.3 is 5.97 Å². The number of cyclic esters (lactones) is 1. The van der Waals surface area contributed by atoms with Crippen LogP contribution in [-0.4, -0.2) is 140 Å². The molecule has 0 radical (unpaired) electrons. The quantitative estimate of drug-likeness (QED) is 0.123. The molecule has 2 bridgehead atoms. The number of hydrogen-bond donors (Lipinski definition) is 3. The van der Waals surface area contributed by atoms with Crippen LogP contribution in [0.15, 0.2) is 41.5 Å². The summed E-state index contributed by atoms with van der Waals surface area (Å²) in [5.41, 5.74) is 3.30. The van der Waals surface area contributed by atoms with Crippen molar-refractivity contribution < 1.29 is 67.7 Å². The van der Waals surface area contributed by atoms with Gasteiger partial charge in [-0.1, -0.05) is 51.5 Å². The molecule has 68 heavy (non-hydrogen) atoms. The molecule has 15 nitrogen and oxygen atoms in total. The van der Waals surface area contributed by atoms with Crippen LogP contribution < -0.4 is 4.74 Å². The molecule has 3 heterocycles. The summed E-state index contributed by atoms with van der Waals surface area (Å²) in [6.45, 7) is 13.3. The maximum Gasteiger partial charge on any atom is 0.329 e. The van der Waals surface area contributed by atoms with E-state index in [0.717, 1.165) is 11.1 Å². The zero-order valence-corrected chi connectivity index (χ0v) is 42.4. The average Bonchev–Trinajstić information content (AvgIpc) is 3.32. The number of carbonyl (C=O) groups excluding carboxylic acids is 4. The second kappa shape index (κ2) is 25.0. The summed E-state index contributed by atoms with van der Waals surface area (Å²) >= 11 is 0. The standard InChI is InChI=1S/C53H81NO14/c1-12-37-20-30(2)19-31(3)23-46(64-10)49-47(65-11)25-34(6)53(61,68-49)50(58)51(59)54-18-14-13-15-40(54)52(60)67-48(35(7)41(55)28-42(37)56)33(5)24-36-16-17-44(45(26-36)63-9)66-29-43(57)38-21-32(4)22-39(27-38)62-8/h20-22,24,27,31,34-37,40-41,43-49,55,57,61H,12-19,23,25-26,28-29H2,1-11H3. The van der Waals surface area contributed by atoms with Gasteiger partial charge in [0.2, 0.25) is 5.79 Å². The first-order valence-corrected chi connectivity index (χ1v) is 24.8. The van der Waals surface area contributed by atoms with E-state index in [1.807, 2.05) is 52.0 Å². The fraction of sp³-hybridized carbons (Fsp3) is 0.736. The number of aliphatic hydroxyl groups excluding tert-OH is 2. The number of esters is 1. The smallest absolute Gasteiger partial charge is 0.329 e. The number of fused-ring (bicyclic) bond motifs is 3. The molecule has 3 fully saturated rings. The van der Waals surface area contributed by atoms with E-state index >= 15 is 0 Å². The number of carbonyl (C=O) groups is 4. The maximum atomic E-state index is 14.6. The number of aliphatic hydroxyl groups is 3. The summed E-state index contributed by atoms with van der Waals surface area (Å²) < 4.78 is 42.0. The molecule has 1 aliphatic carbocycles. The Morgan fingerprint density at radius 1 is 0.897 bits per heavy atom. The third-order valence-electron chi connectivity index (χ3n) is 15.0. The Balaban J connectivity index is 1.44. The number of ketones is 2. The highest BCUT2D eigenvalue weighted by Crippen LogP contribution is 2.40. The minimum absolute atomic E-state index is 0.0194. The molecule has 4 aliphatic rings. The Morgan fingerprint density at radius 3 is 2.25 bits per heavy atom. The Bertz CT molecular complexity index is 1930. The summed E-state index contributed by atoms with van der Waals surface area (Å²) in [6, 6.07) is 4.43. The number of rotatable bonds is 11. The SMILES string of the molecule is CCC1C=C(C)CC(C)CC(OC)C2OC(O)(C(=O)C(=O)N3CCCCC3C(=O)OC(C(C)=CC3CCC(OCC(O)c4cc(C)cc(OC)c4)C(OC)C3)C(C)C(O)CC1=O)C(C)CC2OC. The minimum atomic E-state index is -2.52. The summed E-state index contributed by atoms with van der Waals surface area (Å²) in [5, 5.41) is 35.0. The average molecular weight is 956 g/mol. The van der Waals surface area contributed by atoms with E-state index in [2.05, 4.69) is 6.92 Å². The maximum absolute atomic E-state index is 14.6. The Morgan fingerprint density at radius 2 is 1.59 bits per heavy atom. The number of hydrogen-bond acceptors (Lipinski definition) is 14. The van der Waals surface area contributed by atoms with E-state index in [9.17, 15) is 34.5 Å². The van der Waals surface area contributed by atoms with Crippen LogP contribution in [-0.2, 0) is 47.6 Å². The van der Waals surface area contributed by atoms with E-state index in [1.165, 1.54) is 19.1 Å². The van der Waals surface area contributed by atoms with Gasteiger partial charge < -0.3 is 53.4 Å². The Hall–Kier alpha value is -3.54. The lowest BCUT2D eigenvalue weighted by molar-refractivity contribution is -0.302. The summed E-state index contributed by atoms with van der Waals surface area (Å²) in [5.74, 6) is -7.04. The molecule has 0 aromatic heterocycles. The molecule has 0 spiro atoms. The van der Waals surface area contributed by atoms with Gasteiger partial charge in [0.05, 0.1) is 44.2 Å². The number of nitrogens with zero attached hydrogens (tertiary/aromatic N) is 1. The van der Waals surface area contributed by atoms with E-state index in [0.29, 0.717) is 68.3 Å². The predicted molar refractivity (Wildman–Crippen MR) is 254 cm³/mol. The molecular formula is C53H81NO14. The van der Waals surface area contributed by atoms with Crippen molar-refractivity contribution in [1.29, 1.82) is 0 Å². The van der Waals surface area contributed by atoms with Gasteiger partial charge in [-0.2, -0.15) is 0 Å². The largest absolute Gasteiger partial charge is 0.497 e. The van der Waals surface area contributed by atoms with Crippen molar-refractivity contribution in [3.8, 4) is 5.75 Å². The monoisotopic (exact) mass is 956 g/mol. The van der Waals surface area contributed by atoms with Crippen molar-refractivity contribution in [2.45, 2.75) is 180 Å². The summed E-state index contributed by atoms with van der Waals surface area (Å²) in [4.78, 5) is 58.5. The summed E-state index contributed by atoms with van der Waals surface area (Å²) in [6.07, 6.45) is 3.10. The first kappa shape index (κ1) is 55.4. The number of aryl methyl sites for hydroxylation is 1. The molecular weight excluding hydrogens is 875 g/mol. The van der Waals surface area contributed by atoms with Gasteiger partial charge in [-0.3, -0.25) is 14.4 Å². The fourth-order valence-electron chi connectivity index (χ4n) is 11.0. The van der Waals surface area contributed by atoms with Crippen molar-refractivity contribution >= 4 is 23.4 Å². The topological polar surface area (TPSA) is 197 Å². The molecule has 15 unspecified atom stereocenters. The van der Waals surface area contributed by atoms with Gasteiger partial charge in [0.25, 0.3) is 11.7 Å². The number of allylic oxidation sites excluding steroid dienone is 3. The van der Waals surface area contributed by atoms with E-state index in [1.54, 1.807) is 34.1 Å². The summed E-state index contributed by atoms with van der Waals surface area (Å²) in [7, 11) is 6.28. The van der Waals surface area contributed by atoms with Crippen LogP contribution >= 0.6 is 0 Å². The highest BCUT2D eigenvalue weighted by atomic mass is 16.7. The van der Waals surface area contributed by atoms with Crippen LogP contribution in [0.5, 0.6) is 5.75 Å². The number of benzene rings is 1. The van der Waals surface area contributed by atoms with Crippen molar-refractivity contribution in [3.63, 3.8) is 0 Å². The molecule has 2 saturated heterocycles. The fourth-order valence-corrected chi connectivity index (χ4v) is 11.0. The highest BCUT2D eigenvalue weighted by Gasteiger charge is 2.56. The number of methoxy groups -OCH3 is 4. The molecule has 1 aromatic carbocycles. The molecule has 3 N–H and O–H groups in total. The Kier molecular flexibility index (Phi) is 20.4. The molecule has 15 atom stereocenters. The molecule has 1 aromatic rings. The van der Waals surface area contributed by atoms with Crippen LogP contribution in [0.2, 0.25) is 0 Å². The third kappa shape index (κ3) is 13.4. The van der Waals surface area contributed by atoms with Gasteiger partial charge in [-0.15, -0.1) is 0 Å². The number of Topliss-reactive ketones (excluding diaryl/α,β-unsaturated/α-hetero) is 2. The number of amides is 1. The van der Waals surface area contributed by atoms with E-state index < -0.39 is 83.9 Å². The van der Waals surface area contributed by atoms with Gasteiger partial charge in [-0.05, 0) is 126 Å². The zero-order valence-electron chi connectivity index (χ0n) is 42.4. The zero-order chi connectivity index (χ0) is 50.0. The van der Waals surface area contributed by atoms with E-state index in [-0.39, 0.29) is 62.2 Å². The predicted octanol–water partition coefficient (Wildman–Crippen LogP) is 6.55. The second-order valence-corrected chi connectivity index (χ2v) is 20.3. The first-order valence-electron chi connectivity index (χ1n) is 24.8. The lowest BCUT2D eigenvalue weighted by Crippen LogP contribution is -2.64. The van der Waals surface area contributed by atoms with Crippen LogP contribution in [0.4, 0.5) is 0 Å². The van der Waals surface area contributed by atoms with Crippen LogP contribution in [0.25, 0.3) is 0 Å². The molecule has 1 saturated carbocycles. The van der Waals surface area contributed by atoms with Crippen molar-refractivity contribution in [2.24, 2.45) is 29.6 Å². The molecule has 15 heteroatoms. The number of piperidine rings is 1. The Labute approximate surface area is 404 Å². The number of ether oxygens (including phenoxy) is 7. The van der Waals surface area contributed by atoms with Crippen LogP contribution in [0, 0.1) is 36.5 Å². The normalized spacial score (nSPS) is 36.0. The first-order chi connectivity index (χ1) is 32.3. The molecule has 382 valence electrons. The van der Waals surface area contributed by atoms with Gasteiger partial charge in [0, 0.05) is 52.0 Å². The lowest BCUT2D eigenvalue weighted by Gasteiger charge is -2.47. The lowest BCUT2D eigenvalue weighted by atomic mass is 9.81. The van der Waals surface area contributed by atoms with Gasteiger partial charge in [0.15, 0.2) is 0 Å². The third-order valence-corrected chi connectivity index (χ3v) is 15.0. The van der Waals surface area contributed by atoms with Crippen molar-refractivity contribution in [2.75, 3.05) is 41.6 Å². The highest BCUT2D eigenvalue weighted by molar-refractivity contribution is 6.39. The van der Waals surface area contributed by atoms with Crippen molar-refractivity contribution in [1.82, 2.24) is 4.90 Å². The van der Waals surface area contributed by atoms with Gasteiger partial charge in [0.1, 0.15) is 35.9 Å². The van der Waals surface area contributed by atoms with Gasteiger partial charge in [-0.25, -0.2) is 4.79 Å². The second-order valence-electron chi connectivity index (χ2n) is 20.3. The molecule has 5 rings (SSSR count). The van der Waals surface area contributed by atoms with E-state index in [4.69, 9.17) is 33.2 Å².